The second-order valence-corrected chi connectivity index (χ2v) is 4.92. The van der Waals surface area contributed by atoms with E-state index in [2.05, 4.69) is 20.6 Å². The molecule has 1 aromatic rings. The highest BCUT2D eigenvalue weighted by atomic mass is 32.2. The first-order valence-corrected chi connectivity index (χ1v) is 6.47. The average molecular weight is 245 g/mol. The van der Waals surface area contributed by atoms with Crippen LogP contribution in [0.4, 0.5) is 11.6 Å². The Morgan fingerprint density at radius 1 is 1.38 bits per heavy atom. The topological polar surface area (TPSA) is 110 Å². The molecule has 90 valence electrons. The highest BCUT2D eigenvalue weighted by Crippen LogP contribution is 2.07. The molecule has 0 saturated heterocycles. The number of hydrogen-bond acceptors (Lipinski definition) is 6. The maximum Gasteiger partial charge on any atom is 0.209 e. The van der Waals surface area contributed by atoms with Crippen molar-refractivity contribution in [3.63, 3.8) is 0 Å². The predicted octanol–water partition coefficient (Wildman–Crippen LogP) is -0.391. The summed E-state index contributed by atoms with van der Waals surface area (Å²) < 4.78 is 21.3. The Balaban J connectivity index is 2.37. The molecular formula is C8H15N5O2S. The lowest BCUT2D eigenvalue weighted by atomic mass is 10.4. The molecule has 0 aromatic carbocycles. The average Bonchev–Trinajstić information content (AvgIpc) is 2.23. The van der Waals surface area contributed by atoms with Crippen molar-refractivity contribution in [2.45, 2.75) is 6.42 Å². The van der Waals surface area contributed by atoms with Gasteiger partial charge in [0.25, 0.3) is 0 Å². The van der Waals surface area contributed by atoms with Gasteiger partial charge in [0.15, 0.2) is 0 Å². The van der Waals surface area contributed by atoms with E-state index in [-0.39, 0.29) is 5.75 Å². The molecule has 1 heterocycles. The Hall–Kier alpha value is -1.41. The van der Waals surface area contributed by atoms with Gasteiger partial charge in [-0.05, 0) is 6.42 Å². The summed E-state index contributed by atoms with van der Waals surface area (Å²) in [7, 11) is -1.62. The first-order chi connectivity index (χ1) is 7.51. The van der Waals surface area contributed by atoms with Crippen LogP contribution in [-0.2, 0) is 10.0 Å². The molecule has 8 heteroatoms. The van der Waals surface area contributed by atoms with Gasteiger partial charge in [-0.15, -0.1) is 0 Å². The van der Waals surface area contributed by atoms with Gasteiger partial charge in [0.2, 0.25) is 10.0 Å². The smallest absolute Gasteiger partial charge is 0.209 e. The van der Waals surface area contributed by atoms with Gasteiger partial charge in [0, 0.05) is 19.7 Å². The lowest BCUT2D eigenvalue weighted by Gasteiger charge is -2.05. The van der Waals surface area contributed by atoms with Crippen molar-refractivity contribution < 1.29 is 8.42 Å². The molecule has 7 nitrogen and oxygen atoms in total. The van der Waals surface area contributed by atoms with Crippen molar-refractivity contribution in [3.8, 4) is 0 Å². The van der Waals surface area contributed by atoms with Crippen molar-refractivity contribution >= 4 is 21.7 Å². The summed E-state index contributed by atoms with van der Waals surface area (Å²) in [5, 5.41) is 10.7. The van der Waals surface area contributed by atoms with Crippen LogP contribution in [0.3, 0.4) is 0 Å². The largest absolute Gasteiger partial charge is 0.373 e. The normalized spacial score (nSPS) is 11.1. The van der Waals surface area contributed by atoms with Crippen LogP contribution in [0.2, 0.25) is 0 Å². The second kappa shape index (κ2) is 5.61. The van der Waals surface area contributed by atoms with Crippen LogP contribution in [0.5, 0.6) is 0 Å². The molecule has 0 unspecified atom stereocenters. The van der Waals surface area contributed by atoms with Crippen LogP contribution in [0.25, 0.3) is 0 Å². The molecule has 0 aliphatic heterocycles. The van der Waals surface area contributed by atoms with Crippen molar-refractivity contribution in [2.24, 2.45) is 5.14 Å². The van der Waals surface area contributed by atoms with E-state index in [1.54, 1.807) is 13.1 Å². The molecular weight excluding hydrogens is 230 g/mol. The van der Waals surface area contributed by atoms with Crippen molar-refractivity contribution in [2.75, 3.05) is 30.0 Å². The van der Waals surface area contributed by atoms with E-state index in [0.717, 1.165) is 0 Å². The molecule has 16 heavy (non-hydrogen) atoms. The molecule has 0 atom stereocenters. The monoisotopic (exact) mass is 245 g/mol. The van der Waals surface area contributed by atoms with E-state index in [0.29, 0.717) is 24.6 Å². The van der Waals surface area contributed by atoms with Gasteiger partial charge in [-0.3, -0.25) is 0 Å². The minimum atomic E-state index is -3.38. The predicted molar refractivity (Wildman–Crippen MR) is 62.7 cm³/mol. The number of rotatable bonds is 6. The third kappa shape index (κ3) is 4.89. The molecule has 1 aromatic heterocycles. The molecule has 0 saturated carbocycles. The quantitative estimate of drug-likeness (QED) is 0.589. The number of primary sulfonamides is 1. The summed E-state index contributed by atoms with van der Waals surface area (Å²) in [5.74, 6) is 1.31. The summed E-state index contributed by atoms with van der Waals surface area (Å²) in [6, 6.07) is 1.73. The minimum Gasteiger partial charge on any atom is -0.373 e. The molecule has 0 amide bonds. The lowest BCUT2D eigenvalue weighted by Crippen LogP contribution is -2.18. The van der Waals surface area contributed by atoms with Gasteiger partial charge in [-0.25, -0.2) is 23.5 Å². The van der Waals surface area contributed by atoms with Crippen LogP contribution < -0.4 is 15.8 Å². The zero-order valence-electron chi connectivity index (χ0n) is 8.97. The summed E-state index contributed by atoms with van der Waals surface area (Å²) in [5.41, 5.74) is 0. The zero-order valence-corrected chi connectivity index (χ0v) is 9.79. The summed E-state index contributed by atoms with van der Waals surface area (Å²) in [6.07, 6.45) is 1.87. The van der Waals surface area contributed by atoms with Crippen LogP contribution in [0.1, 0.15) is 6.42 Å². The van der Waals surface area contributed by atoms with E-state index >= 15 is 0 Å². The molecule has 1 rings (SSSR count). The van der Waals surface area contributed by atoms with E-state index in [1.165, 1.54) is 6.33 Å². The molecule has 0 aliphatic rings. The van der Waals surface area contributed by atoms with Gasteiger partial charge in [0.05, 0.1) is 5.75 Å². The number of nitrogens with one attached hydrogen (secondary N) is 2. The Kier molecular flexibility index (Phi) is 4.44. The third-order valence-corrected chi connectivity index (χ3v) is 2.69. The van der Waals surface area contributed by atoms with Crippen molar-refractivity contribution in [1.82, 2.24) is 9.97 Å². The Labute approximate surface area is 94.5 Å². The molecule has 0 spiro atoms. The third-order valence-electron chi connectivity index (χ3n) is 1.83. The highest BCUT2D eigenvalue weighted by Gasteiger charge is 2.02. The highest BCUT2D eigenvalue weighted by molar-refractivity contribution is 7.89. The fraction of sp³-hybridized carbons (Fsp3) is 0.500. The van der Waals surface area contributed by atoms with Gasteiger partial charge >= 0.3 is 0 Å². The van der Waals surface area contributed by atoms with E-state index in [9.17, 15) is 8.42 Å². The fourth-order valence-corrected chi connectivity index (χ4v) is 1.63. The Morgan fingerprint density at radius 2 is 2.06 bits per heavy atom. The van der Waals surface area contributed by atoms with Gasteiger partial charge in [-0.1, -0.05) is 0 Å². The fourth-order valence-electron chi connectivity index (χ4n) is 1.08. The minimum absolute atomic E-state index is 0.0377. The number of hydrogen-bond donors (Lipinski definition) is 3. The number of nitrogens with two attached hydrogens (primary N) is 1. The Bertz CT molecular complexity index is 434. The van der Waals surface area contributed by atoms with Crippen LogP contribution >= 0.6 is 0 Å². The first-order valence-electron chi connectivity index (χ1n) is 4.75. The first kappa shape index (κ1) is 12.7. The standard InChI is InChI=1S/C8H15N5O2S/c1-10-7-5-8(13-6-12-7)11-3-2-4-16(9,14)15/h5-6H,2-4H2,1H3,(H2,9,14,15)(H2,10,11,12,13). The van der Waals surface area contributed by atoms with Crippen molar-refractivity contribution in [1.29, 1.82) is 0 Å². The maximum absolute atomic E-state index is 10.7. The summed E-state index contributed by atoms with van der Waals surface area (Å²) in [4.78, 5) is 7.93. The van der Waals surface area contributed by atoms with Gasteiger partial charge in [-0.2, -0.15) is 0 Å². The zero-order chi connectivity index (χ0) is 12.0. The maximum atomic E-state index is 10.7. The molecule has 0 radical (unpaired) electrons. The SMILES string of the molecule is CNc1cc(NCCCS(N)(=O)=O)ncn1. The summed E-state index contributed by atoms with van der Waals surface area (Å²) in [6.45, 7) is 0.497. The van der Waals surface area contributed by atoms with Crippen molar-refractivity contribution in [3.05, 3.63) is 12.4 Å². The number of sulfonamides is 1. The molecule has 0 bridgehead atoms. The number of aromatic nitrogens is 2. The van der Waals surface area contributed by atoms with E-state index < -0.39 is 10.0 Å². The van der Waals surface area contributed by atoms with Gasteiger partial charge < -0.3 is 10.6 Å². The van der Waals surface area contributed by atoms with Crippen LogP contribution in [0, 0.1) is 0 Å². The number of anilines is 2. The molecule has 0 aliphatic carbocycles. The Morgan fingerprint density at radius 3 is 2.69 bits per heavy atom. The number of nitrogens with zero attached hydrogens (tertiary/aromatic N) is 2. The molecule has 0 fully saturated rings. The molecule has 4 N–H and O–H groups in total. The second-order valence-electron chi connectivity index (χ2n) is 3.19. The van der Waals surface area contributed by atoms with Crippen LogP contribution in [0.15, 0.2) is 12.4 Å². The lowest BCUT2D eigenvalue weighted by molar-refractivity contribution is 0.595. The van der Waals surface area contributed by atoms with E-state index in [4.69, 9.17) is 5.14 Å². The van der Waals surface area contributed by atoms with Gasteiger partial charge in [0.1, 0.15) is 18.0 Å². The summed E-state index contributed by atoms with van der Waals surface area (Å²) >= 11 is 0. The van der Waals surface area contributed by atoms with Crippen LogP contribution in [-0.4, -0.2) is 37.7 Å². The van der Waals surface area contributed by atoms with E-state index in [1.807, 2.05) is 0 Å².